The van der Waals surface area contributed by atoms with E-state index in [0.717, 1.165) is 12.8 Å². The largest absolute Gasteiger partial charge is 0.414 e. The van der Waals surface area contributed by atoms with Crippen molar-refractivity contribution < 1.29 is 4.42 Å². The number of hydrogen-bond acceptors (Lipinski definition) is 4. The summed E-state index contributed by atoms with van der Waals surface area (Å²) in [7, 11) is 0. The van der Waals surface area contributed by atoms with Crippen LogP contribution >= 0.6 is 15.9 Å². The molecule has 0 aliphatic carbocycles. The van der Waals surface area contributed by atoms with Crippen LogP contribution in [0, 0.1) is 0 Å². The van der Waals surface area contributed by atoms with E-state index in [1.165, 1.54) is 16.8 Å². The van der Waals surface area contributed by atoms with Crippen molar-refractivity contribution in [2.24, 2.45) is 0 Å². The fourth-order valence-electron chi connectivity index (χ4n) is 1.94. The highest BCUT2D eigenvalue weighted by Crippen LogP contribution is 2.23. The van der Waals surface area contributed by atoms with Crippen molar-refractivity contribution in [2.45, 2.75) is 33.2 Å². The maximum atomic E-state index is 5.28. The fourth-order valence-corrected chi connectivity index (χ4v) is 2.20. The molecule has 5 heteroatoms. The smallest absolute Gasteiger partial charge is 0.284 e. The molecule has 0 fully saturated rings. The van der Waals surface area contributed by atoms with E-state index in [4.69, 9.17) is 4.42 Å². The Labute approximate surface area is 115 Å². The molecule has 0 amide bonds. The van der Waals surface area contributed by atoms with Crippen LogP contribution in [0.3, 0.4) is 0 Å². The molecular weight excluding hydrogens is 294 g/mol. The quantitative estimate of drug-likeness (QED) is 0.917. The van der Waals surface area contributed by atoms with Gasteiger partial charge < -0.3 is 9.73 Å². The lowest BCUT2D eigenvalue weighted by atomic mass is 10.0. The molecule has 0 atom stereocenters. The van der Waals surface area contributed by atoms with Crippen LogP contribution in [0.2, 0.25) is 0 Å². The highest BCUT2D eigenvalue weighted by Gasteiger charge is 2.08. The van der Waals surface area contributed by atoms with Crippen molar-refractivity contribution >= 4 is 21.6 Å². The summed E-state index contributed by atoms with van der Waals surface area (Å²) < 4.78 is 5.28. The van der Waals surface area contributed by atoms with Gasteiger partial charge in [-0.25, -0.2) is 0 Å². The highest BCUT2D eigenvalue weighted by atomic mass is 79.9. The molecule has 0 aliphatic rings. The van der Waals surface area contributed by atoms with Gasteiger partial charge in [0.1, 0.15) is 0 Å². The molecule has 1 aromatic carbocycles. The van der Waals surface area contributed by atoms with E-state index in [-0.39, 0.29) is 0 Å². The third-order valence-electron chi connectivity index (χ3n) is 2.86. The van der Waals surface area contributed by atoms with Gasteiger partial charge in [0.05, 0.1) is 6.54 Å². The van der Waals surface area contributed by atoms with Gasteiger partial charge in [-0.3, -0.25) is 0 Å². The molecule has 1 N–H and O–H groups in total. The number of aryl methyl sites for hydroxylation is 2. The molecule has 0 spiro atoms. The van der Waals surface area contributed by atoms with Crippen LogP contribution in [0.5, 0.6) is 0 Å². The second-order valence-corrected chi connectivity index (χ2v) is 4.64. The molecule has 1 heterocycles. The molecule has 96 valence electrons. The number of benzene rings is 1. The first-order chi connectivity index (χ1) is 8.74. The van der Waals surface area contributed by atoms with Gasteiger partial charge in [-0.15, -0.1) is 10.2 Å². The minimum Gasteiger partial charge on any atom is -0.414 e. The summed E-state index contributed by atoms with van der Waals surface area (Å²) in [6, 6.07) is 6.39. The van der Waals surface area contributed by atoms with E-state index < -0.39 is 0 Å². The van der Waals surface area contributed by atoms with E-state index in [9.17, 15) is 0 Å². The normalized spacial score (nSPS) is 10.6. The molecule has 1 aromatic heterocycles. The number of para-hydroxylation sites is 1. The van der Waals surface area contributed by atoms with Gasteiger partial charge >= 0.3 is 0 Å². The lowest BCUT2D eigenvalue weighted by Gasteiger charge is -2.13. The van der Waals surface area contributed by atoms with Crippen molar-refractivity contribution in [3.05, 3.63) is 40.0 Å². The molecule has 0 saturated carbocycles. The number of halogens is 1. The second-order valence-electron chi connectivity index (χ2n) is 3.96. The van der Waals surface area contributed by atoms with Crippen LogP contribution < -0.4 is 5.32 Å². The molecular formula is C13H16BrN3O. The Bertz CT molecular complexity index is 502. The summed E-state index contributed by atoms with van der Waals surface area (Å²) in [6.07, 6.45) is 2.01. The van der Waals surface area contributed by atoms with Crippen molar-refractivity contribution in [3.63, 3.8) is 0 Å². The van der Waals surface area contributed by atoms with Crippen molar-refractivity contribution in [1.82, 2.24) is 10.2 Å². The van der Waals surface area contributed by atoms with Gasteiger partial charge in [0.2, 0.25) is 5.89 Å². The van der Waals surface area contributed by atoms with Crippen molar-refractivity contribution in [3.8, 4) is 0 Å². The number of anilines is 1. The first-order valence-corrected chi connectivity index (χ1v) is 6.86. The van der Waals surface area contributed by atoms with Crippen LogP contribution in [0.4, 0.5) is 5.69 Å². The third-order valence-corrected chi connectivity index (χ3v) is 3.18. The fraction of sp³-hybridized carbons (Fsp3) is 0.385. The van der Waals surface area contributed by atoms with Gasteiger partial charge in [-0.2, -0.15) is 0 Å². The van der Waals surface area contributed by atoms with E-state index in [1.54, 1.807) is 0 Å². The molecule has 2 rings (SSSR count). The maximum absolute atomic E-state index is 5.28. The Morgan fingerprint density at radius 1 is 1.17 bits per heavy atom. The number of nitrogens with zero attached hydrogens (tertiary/aromatic N) is 2. The highest BCUT2D eigenvalue weighted by molar-refractivity contribution is 9.10. The summed E-state index contributed by atoms with van der Waals surface area (Å²) in [5.74, 6) is 0.579. The minimum absolute atomic E-state index is 0.416. The Hall–Kier alpha value is -1.36. The van der Waals surface area contributed by atoms with Gasteiger partial charge in [0, 0.05) is 21.6 Å². The van der Waals surface area contributed by atoms with Crippen LogP contribution in [0.25, 0.3) is 0 Å². The molecule has 4 nitrogen and oxygen atoms in total. The Balaban J connectivity index is 2.17. The minimum atomic E-state index is 0.416. The SMILES string of the molecule is CCc1cccc(CC)c1NCc1nnc(Br)o1. The molecule has 0 radical (unpaired) electrons. The first-order valence-electron chi connectivity index (χ1n) is 6.07. The van der Waals surface area contributed by atoms with Gasteiger partial charge in [0.15, 0.2) is 0 Å². The lowest BCUT2D eigenvalue weighted by Crippen LogP contribution is -2.05. The number of nitrogens with one attached hydrogen (secondary N) is 1. The molecule has 0 unspecified atom stereocenters. The molecule has 18 heavy (non-hydrogen) atoms. The van der Waals surface area contributed by atoms with Crippen LogP contribution in [0.15, 0.2) is 27.4 Å². The number of rotatable bonds is 5. The Kier molecular flexibility index (Phi) is 4.36. The van der Waals surface area contributed by atoms with Crippen molar-refractivity contribution in [2.75, 3.05) is 5.32 Å². The number of aromatic nitrogens is 2. The zero-order valence-electron chi connectivity index (χ0n) is 10.5. The third kappa shape index (κ3) is 2.90. The monoisotopic (exact) mass is 309 g/mol. The van der Waals surface area contributed by atoms with E-state index in [1.807, 2.05) is 0 Å². The molecule has 0 bridgehead atoms. The first kappa shape index (κ1) is 13.1. The van der Waals surface area contributed by atoms with E-state index >= 15 is 0 Å². The van der Waals surface area contributed by atoms with Gasteiger partial charge in [-0.1, -0.05) is 32.0 Å². The van der Waals surface area contributed by atoms with Gasteiger partial charge in [-0.05, 0) is 24.0 Å². The Morgan fingerprint density at radius 3 is 2.33 bits per heavy atom. The predicted octanol–water partition coefficient (Wildman–Crippen LogP) is 3.57. The van der Waals surface area contributed by atoms with Crippen LogP contribution in [-0.4, -0.2) is 10.2 Å². The second kappa shape index (κ2) is 6.00. The lowest BCUT2D eigenvalue weighted by molar-refractivity contribution is 0.479. The zero-order valence-corrected chi connectivity index (χ0v) is 12.1. The molecule has 0 aliphatic heterocycles. The summed E-state index contributed by atoms with van der Waals surface area (Å²) >= 11 is 3.15. The summed E-state index contributed by atoms with van der Waals surface area (Å²) in [4.78, 5) is 0.416. The predicted molar refractivity (Wildman–Crippen MR) is 74.5 cm³/mol. The maximum Gasteiger partial charge on any atom is 0.284 e. The van der Waals surface area contributed by atoms with Crippen molar-refractivity contribution in [1.29, 1.82) is 0 Å². The summed E-state index contributed by atoms with van der Waals surface area (Å²) in [5, 5.41) is 11.1. The van der Waals surface area contributed by atoms with E-state index in [0.29, 0.717) is 17.2 Å². The Morgan fingerprint density at radius 2 is 1.83 bits per heavy atom. The summed E-state index contributed by atoms with van der Waals surface area (Å²) in [5.41, 5.74) is 3.82. The molecule has 0 saturated heterocycles. The molecule has 2 aromatic rings. The van der Waals surface area contributed by atoms with Crippen LogP contribution in [-0.2, 0) is 19.4 Å². The average Bonchev–Trinajstić information content (AvgIpc) is 2.81. The average molecular weight is 310 g/mol. The van der Waals surface area contributed by atoms with E-state index in [2.05, 4.69) is 63.5 Å². The topological polar surface area (TPSA) is 51.0 Å². The van der Waals surface area contributed by atoms with Crippen LogP contribution in [0.1, 0.15) is 30.9 Å². The summed E-state index contributed by atoms with van der Waals surface area (Å²) in [6.45, 7) is 4.86. The number of hydrogen-bond donors (Lipinski definition) is 1. The zero-order chi connectivity index (χ0) is 13.0. The van der Waals surface area contributed by atoms with Gasteiger partial charge in [0.25, 0.3) is 4.80 Å². The standard InChI is InChI=1S/C13H16BrN3O/c1-3-9-6-5-7-10(4-2)12(9)15-8-11-16-17-13(14)18-11/h5-7,15H,3-4,8H2,1-2H3.